The lowest BCUT2D eigenvalue weighted by molar-refractivity contribution is -0.385. The SMILES string of the molecule is Cc1ccc([N+](=O)[O-])cc1S(=O)(=O)Nc1c(Cl)cc([N+](=O)[O-])cc1Cl. The summed E-state index contributed by atoms with van der Waals surface area (Å²) in [7, 11) is -4.27. The van der Waals surface area contributed by atoms with E-state index < -0.39 is 31.2 Å². The zero-order valence-corrected chi connectivity index (χ0v) is 14.7. The number of nitro benzene ring substituents is 2. The van der Waals surface area contributed by atoms with Crippen molar-refractivity contribution in [1.29, 1.82) is 0 Å². The molecular formula is C13H9Cl2N3O6S. The largest absolute Gasteiger partial charge is 0.277 e. The number of sulfonamides is 1. The average molecular weight is 406 g/mol. The van der Waals surface area contributed by atoms with Gasteiger partial charge in [0.25, 0.3) is 21.4 Å². The highest BCUT2D eigenvalue weighted by Crippen LogP contribution is 2.36. The summed E-state index contributed by atoms with van der Waals surface area (Å²) in [5, 5.41) is 21.0. The van der Waals surface area contributed by atoms with Crippen LogP contribution in [0.15, 0.2) is 35.2 Å². The van der Waals surface area contributed by atoms with E-state index in [1.54, 1.807) is 0 Å². The number of non-ortho nitro benzene ring substituents is 2. The summed E-state index contributed by atoms with van der Waals surface area (Å²) >= 11 is 11.7. The number of anilines is 1. The predicted molar refractivity (Wildman–Crippen MR) is 91.8 cm³/mol. The highest BCUT2D eigenvalue weighted by atomic mass is 35.5. The van der Waals surface area contributed by atoms with Crippen LogP contribution in [0.1, 0.15) is 5.56 Å². The van der Waals surface area contributed by atoms with E-state index in [0.29, 0.717) is 0 Å². The Bertz CT molecular complexity index is 970. The molecule has 1 N–H and O–H groups in total. The summed E-state index contributed by atoms with van der Waals surface area (Å²) in [5.74, 6) is 0. The summed E-state index contributed by atoms with van der Waals surface area (Å²) in [5.41, 5.74) is -0.830. The van der Waals surface area contributed by atoms with Gasteiger partial charge in [-0.25, -0.2) is 8.42 Å². The number of aryl methyl sites for hydroxylation is 1. The minimum absolute atomic E-state index is 0.257. The van der Waals surface area contributed by atoms with E-state index in [2.05, 4.69) is 4.72 Å². The highest BCUT2D eigenvalue weighted by molar-refractivity contribution is 7.92. The minimum Gasteiger partial charge on any atom is -0.277 e. The van der Waals surface area contributed by atoms with Gasteiger partial charge in [0.05, 0.1) is 30.5 Å². The highest BCUT2D eigenvalue weighted by Gasteiger charge is 2.24. The molecule has 2 aromatic rings. The second kappa shape index (κ2) is 6.82. The zero-order chi connectivity index (χ0) is 18.9. The van der Waals surface area contributed by atoms with Gasteiger partial charge >= 0.3 is 0 Å². The summed E-state index contributed by atoms with van der Waals surface area (Å²) in [4.78, 5) is 19.8. The summed E-state index contributed by atoms with van der Waals surface area (Å²) < 4.78 is 27.2. The first-order valence-corrected chi connectivity index (χ1v) is 8.68. The van der Waals surface area contributed by atoms with Crippen molar-refractivity contribution in [2.75, 3.05) is 4.72 Å². The first kappa shape index (κ1) is 18.9. The Balaban J connectivity index is 2.52. The maximum absolute atomic E-state index is 12.5. The van der Waals surface area contributed by atoms with Gasteiger partial charge in [0.1, 0.15) is 0 Å². The molecule has 12 heteroatoms. The number of hydrogen-bond donors (Lipinski definition) is 1. The quantitative estimate of drug-likeness (QED) is 0.591. The van der Waals surface area contributed by atoms with Crippen LogP contribution in [0, 0.1) is 27.2 Å². The minimum atomic E-state index is -4.27. The van der Waals surface area contributed by atoms with Crippen LogP contribution in [0.25, 0.3) is 0 Å². The van der Waals surface area contributed by atoms with Gasteiger partial charge in [-0.3, -0.25) is 25.0 Å². The lowest BCUT2D eigenvalue weighted by Crippen LogP contribution is -2.15. The Hall–Kier alpha value is -2.43. The molecule has 0 atom stereocenters. The molecule has 0 saturated heterocycles. The summed E-state index contributed by atoms with van der Waals surface area (Å²) in [6.45, 7) is 1.46. The molecule has 0 fully saturated rings. The van der Waals surface area contributed by atoms with Crippen LogP contribution in [0.2, 0.25) is 10.0 Å². The van der Waals surface area contributed by atoms with Crippen LogP contribution in [0.3, 0.4) is 0 Å². The van der Waals surface area contributed by atoms with Gasteiger partial charge < -0.3 is 0 Å². The molecule has 0 saturated carbocycles. The van der Waals surface area contributed by atoms with Gasteiger partial charge in [-0.1, -0.05) is 29.3 Å². The second-order valence-corrected chi connectivity index (χ2v) is 7.32. The lowest BCUT2D eigenvalue weighted by atomic mass is 10.2. The van der Waals surface area contributed by atoms with Crippen LogP contribution >= 0.6 is 23.2 Å². The van der Waals surface area contributed by atoms with Crippen molar-refractivity contribution < 1.29 is 18.3 Å². The topological polar surface area (TPSA) is 132 Å². The van der Waals surface area contributed by atoms with E-state index in [1.807, 2.05) is 0 Å². The second-order valence-electron chi connectivity index (χ2n) is 4.85. The average Bonchev–Trinajstić information content (AvgIpc) is 2.50. The van der Waals surface area contributed by atoms with Gasteiger partial charge in [-0.2, -0.15) is 0 Å². The molecule has 2 aromatic carbocycles. The monoisotopic (exact) mass is 405 g/mol. The van der Waals surface area contributed by atoms with E-state index in [-0.39, 0.29) is 26.2 Å². The van der Waals surface area contributed by atoms with E-state index in [0.717, 1.165) is 18.2 Å². The molecule has 0 radical (unpaired) electrons. The van der Waals surface area contributed by atoms with Crippen molar-refractivity contribution in [1.82, 2.24) is 0 Å². The van der Waals surface area contributed by atoms with Crippen LogP contribution in [-0.4, -0.2) is 18.3 Å². The van der Waals surface area contributed by atoms with Gasteiger partial charge in [0, 0.05) is 24.3 Å². The fourth-order valence-electron chi connectivity index (χ4n) is 1.94. The van der Waals surface area contributed by atoms with Crippen molar-refractivity contribution in [3.05, 3.63) is 66.2 Å². The van der Waals surface area contributed by atoms with Crippen LogP contribution < -0.4 is 4.72 Å². The van der Waals surface area contributed by atoms with Crippen LogP contribution in [0.4, 0.5) is 17.1 Å². The summed E-state index contributed by atoms with van der Waals surface area (Å²) in [6.07, 6.45) is 0. The van der Waals surface area contributed by atoms with Crippen molar-refractivity contribution in [3.8, 4) is 0 Å². The molecule has 0 aliphatic carbocycles. The first-order chi connectivity index (χ1) is 11.5. The molecule has 132 valence electrons. The number of nitro groups is 2. The number of nitrogens with zero attached hydrogens (tertiary/aromatic N) is 2. The Labute approximate surface area is 151 Å². The molecule has 0 spiro atoms. The smallest absolute Gasteiger partial charge is 0.272 e. The Morgan fingerprint density at radius 2 is 1.48 bits per heavy atom. The number of nitrogens with one attached hydrogen (secondary N) is 1. The normalized spacial score (nSPS) is 11.2. The van der Waals surface area contributed by atoms with Gasteiger partial charge in [0.2, 0.25) is 0 Å². The maximum Gasteiger partial charge on any atom is 0.272 e. The van der Waals surface area contributed by atoms with Crippen LogP contribution in [-0.2, 0) is 10.0 Å². The Morgan fingerprint density at radius 1 is 0.960 bits per heavy atom. The summed E-state index contributed by atoms with van der Waals surface area (Å²) in [6, 6.07) is 5.22. The maximum atomic E-state index is 12.5. The Kier molecular flexibility index (Phi) is 5.16. The van der Waals surface area contributed by atoms with E-state index in [1.165, 1.54) is 19.1 Å². The molecule has 0 aliphatic heterocycles. The first-order valence-electron chi connectivity index (χ1n) is 6.44. The van der Waals surface area contributed by atoms with Crippen molar-refractivity contribution in [2.45, 2.75) is 11.8 Å². The van der Waals surface area contributed by atoms with Crippen molar-refractivity contribution in [2.24, 2.45) is 0 Å². The van der Waals surface area contributed by atoms with Gasteiger partial charge in [0.15, 0.2) is 0 Å². The van der Waals surface area contributed by atoms with E-state index >= 15 is 0 Å². The molecule has 25 heavy (non-hydrogen) atoms. The number of rotatable bonds is 5. The van der Waals surface area contributed by atoms with Gasteiger partial charge in [-0.05, 0) is 12.5 Å². The standard InChI is InChI=1S/C13H9Cl2N3O6S/c1-7-2-3-8(17(19)20)6-12(7)25(23,24)16-13-10(14)4-9(18(21)22)5-11(13)15/h2-6,16H,1H3. The van der Waals surface area contributed by atoms with E-state index in [9.17, 15) is 28.6 Å². The molecule has 0 aromatic heterocycles. The van der Waals surface area contributed by atoms with Crippen molar-refractivity contribution >= 4 is 50.3 Å². The fourth-order valence-corrected chi connectivity index (χ4v) is 3.99. The van der Waals surface area contributed by atoms with Crippen molar-refractivity contribution in [3.63, 3.8) is 0 Å². The molecular weight excluding hydrogens is 397 g/mol. The molecule has 0 unspecified atom stereocenters. The molecule has 0 amide bonds. The number of benzene rings is 2. The predicted octanol–water partition coefficient (Wildman–Crippen LogP) is 3.92. The molecule has 9 nitrogen and oxygen atoms in total. The third kappa shape index (κ3) is 3.98. The lowest BCUT2D eigenvalue weighted by Gasteiger charge is -2.12. The molecule has 0 aliphatic rings. The van der Waals surface area contributed by atoms with E-state index in [4.69, 9.17) is 23.2 Å². The third-order valence-electron chi connectivity index (χ3n) is 3.15. The number of halogens is 2. The third-order valence-corrected chi connectivity index (χ3v) is 5.23. The van der Waals surface area contributed by atoms with Gasteiger partial charge in [-0.15, -0.1) is 0 Å². The Morgan fingerprint density at radius 3 is 1.96 bits per heavy atom. The fraction of sp³-hybridized carbons (Fsp3) is 0.0769. The number of hydrogen-bond acceptors (Lipinski definition) is 6. The molecule has 0 bridgehead atoms. The molecule has 2 rings (SSSR count). The van der Waals surface area contributed by atoms with Crippen LogP contribution in [0.5, 0.6) is 0 Å². The zero-order valence-electron chi connectivity index (χ0n) is 12.4. The molecule has 0 heterocycles.